The van der Waals surface area contributed by atoms with Gasteiger partial charge in [-0.25, -0.2) is 4.98 Å². The Bertz CT molecular complexity index is 791. The van der Waals surface area contributed by atoms with Gasteiger partial charge in [0.15, 0.2) is 0 Å². The largest absolute Gasteiger partial charge is 0.338 e. The zero-order valence-corrected chi connectivity index (χ0v) is 14.3. The third-order valence-electron chi connectivity index (χ3n) is 4.67. The Labute approximate surface area is 141 Å². The molecule has 0 radical (unpaired) electrons. The van der Waals surface area contributed by atoms with Crippen LogP contribution in [0.4, 0.5) is 0 Å². The first kappa shape index (κ1) is 16.6. The summed E-state index contributed by atoms with van der Waals surface area (Å²) < 4.78 is 1.46. The molecule has 0 atom stereocenters. The van der Waals surface area contributed by atoms with Crippen LogP contribution in [0.5, 0.6) is 0 Å². The SMILES string of the molecule is CCNCC1CCN(C(=O)c2cnc3ccc(C)cn3c2=O)CC1. The van der Waals surface area contributed by atoms with Crippen LogP contribution in [0.3, 0.4) is 0 Å². The lowest BCUT2D eigenvalue weighted by atomic mass is 9.96. The highest BCUT2D eigenvalue weighted by Crippen LogP contribution is 2.17. The number of pyridine rings is 1. The summed E-state index contributed by atoms with van der Waals surface area (Å²) in [4.78, 5) is 31.4. The molecule has 3 rings (SSSR count). The van der Waals surface area contributed by atoms with Crippen LogP contribution < -0.4 is 10.9 Å². The predicted octanol–water partition coefficient (Wildman–Crippen LogP) is 1.46. The lowest BCUT2D eigenvalue weighted by molar-refractivity contribution is 0.0688. The molecule has 0 spiro atoms. The van der Waals surface area contributed by atoms with Gasteiger partial charge < -0.3 is 10.2 Å². The number of amides is 1. The molecule has 0 aromatic carbocycles. The van der Waals surface area contributed by atoms with Crippen molar-refractivity contribution in [1.29, 1.82) is 0 Å². The van der Waals surface area contributed by atoms with Gasteiger partial charge in [-0.3, -0.25) is 14.0 Å². The van der Waals surface area contributed by atoms with Crippen LogP contribution in [-0.4, -0.2) is 46.4 Å². The lowest BCUT2D eigenvalue weighted by Gasteiger charge is -2.32. The number of carbonyl (C=O) groups excluding carboxylic acids is 1. The van der Waals surface area contributed by atoms with Crippen molar-refractivity contribution in [3.63, 3.8) is 0 Å². The minimum absolute atomic E-state index is 0.156. The van der Waals surface area contributed by atoms with Crippen molar-refractivity contribution in [2.75, 3.05) is 26.2 Å². The Kier molecular flexibility index (Phi) is 4.94. The van der Waals surface area contributed by atoms with Gasteiger partial charge in [0.25, 0.3) is 11.5 Å². The van der Waals surface area contributed by atoms with Crippen molar-refractivity contribution in [3.8, 4) is 0 Å². The molecule has 3 heterocycles. The van der Waals surface area contributed by atoms with E-state index in [-0.39, 0.29) is 17.0 Å². The van der Waals surface area contributed by atoms with Gasteiger partial charge in [0.1, 0.15) is 11.2 Å². The third-order valence-corrected chi connectivity index (χ3v) is 4.67. The summed E-state index contributed by atoms with van der Waals surface area (Å²) in [5, 5.41) is 3.36. The van der Waals surface area contributed by atoms with Crippen LogP contribution in [0.1, 0.15) is 35.7 Å². The molecule has 2 aromatic rings. The Morgan fingerprint density at radius 1 is 1.33 bits per heavy atom. The van der Waals surface area contributed by atoms with Crippen molar-refractivity contribution >= 4 is 11.6 Å². The molecule has 0 bridgehead atoms. The monoisotopic (exact) mass is 328 g/mol. The maximum Gasteiger partial charge on any atom is 0.270 e. The summed E-state index contributed by atoms with van der Waals surface area (Å²) in [7, 11) is 0. The summed E-state index contributed by atoms with van der Waals surface area (Å²) in [5.41, 5.74) is 1.39. The molecule has 1 fully saturated rings. The van der Waals surface area contributed by atoms with Gasteiger partial charge in [0, 0.05) is 25.5 Å². The topological polar surface area (TPSA) is 66.7 Å². The van der Waals surface area contributed by atoms with E-state index in [1.165, 1.54) is 10.6 Å². The van der Waals surface area contributed by atoms with Gasteiger partial charge >= 0.3 is 0 Å². The minimum Gasteiger partial charge on any atom is -0.338 e. The fraction of sp³-hybridized carbons (Fsp3) is 0.500. The molecule has 128 valence electrons. The standard InChI is InChI=1S/C18H24N4O2/c1-3-19-10-14-6-8-21(9-7-14)17(23)15-11-20-16-5-4-13(2)12-22(16)18(15)24/h4-5,11-12,14,19H,3,6-10H2,1-2H3. The van der Waals surface area contributed by atoms with Crippen LogP contribution in [0, 0.1) is 12.8 Å². The molecule has 0 aliphatic carbocycles. The highest BCUT2D eigenvalue weighted by Gasteiger charge is 2.25. The number of nitrogens with zero attached hydrogens (tertiary/aromatic N) is 3. The number of aryl methyl sites for hydroxylation is 1. The molecule has 1 amide bonds. The van der Waals surface area contributed by atoms with E-state index in [0.29, 0.717) is 24.7 Å². The smallest absolute Gasteiger partial charge is 0.270 e. The number of rotatable bonds is 4. The van der Waals surface area contributed by atoms with E-state index < -0.39 is 0 Å². The molecule has 0 unspecified atom stereocenters. The van der Waals surface area contributed by atoms with Crippen LogP contribution in [-0.2, 0) is 0 Å². The molecule has 1 N–H and O–H groups in total. The molecular weight excluding hydrogens is 304 g/mol. The summed E-state index contributed by atoms with van der Waals surface area (Å²) in [6, 6.07) is 3.69. The molecule has 6 nitrogen and oxygen atoms in total. The highest BCUT2D eigenvalue weighted by molar-refractivity contribution is 5.93. The van der Waals surface area contributed by atoms with Crippen molar-refractivity contribution in [2.45, 2.75) is 26.7 Å². The van der Waals surface area contributed by atoms with Crippen LogP contribution in [0.2, 0.25) is 0 Å². The van der Waals surface area contributed by atoms with Crippen LogP contribution >= 0.6 is 0 Å². The van der Waals surface area contributed by atoms with E-state index in [0.717, 1.165) is 31.5 Å². The number of likely N-dealkylation sites (tertiary alicyclic amines) is 1. The summed E-state index contributed by atoms with van der Waals surface area (Å²) in [5.74, 6) is 0.401. The second-order valence-corrected chi connectivity index (χ2v) is 6.45. The van der Waals surface area contributed by atoms with Gasteiger partial charge in [0.05, 0.1) is 0 Å². The lowest BCUT2D eigenvalue weighted by Crippen LogP contribution is -2.42. The number of piperidine rings is 1. The zero-order chi connectivity index (χ0) is 17.1. The Hall–Kier alpha value is -2.21. The zero-order valence-electron chi connectivity index (χ0n) is 14.3. The molecule has 2 aromatic heterocycles. The predicted molar refractivity (Wildman–Crippen MR) is 93.4 cm³/mol. The van der Waals surface area contributed by atoms with Crippen LogP contribution in [0.25, 0.3) is 5.65 Å². The van der Waals surface area contributed by atoms with E-state index in [1.807, 2.05) is 13.0 Å². The first-order valence-corrected chi connectivity index (χ1v) is 8.58. The van der Waals surface area contributed by atoms with E-state index >= 15 is 0 Å². The van der Waals surface area contributed by atoms with E-state index in [4.69, 9.17) is 0 Å². The average Bonchev–Trinajstić information content (AvgIpc) is 2.61. The number of fused-ring (bicyclic) bond motifs is 1. The first-order chi connectivity index (χ1) is 11.6. The third kappa shape index (κ3) is 3.33. The second kappa shape index (κ2) is 7.13. The maximum atomic E-state index is 12.7. The normalized spacial score (nSPS) is 15.8. The summed E-state index contributed by atoms with van der Waals surface area (Å²) >= 11 is 0. The van der Waals surface area contributed by atoms with Crippen molar-refractivity contribution in [2.24, 2.45) is 5.92 Å². The molecular formula is C18H24N4O2. The van der Waals surface area contributed by atoms with Crippen molar-refractivity contribution in [1.82, 2.24) is 19.6 Å². The second-order valence-electron chi connectivity index (χ2n) is 6.45. The molecule has 1 aliphatic rings. The average molecular weight is 328 g/mol. The van der Waals surface area contributed by atoms with Gasteiger partial charge in [-0.05, 0) is 50.4 Å². The molecule has 0 saturated carbocycles. The van der Waals surface area contributed by atoms with Gasteiger partial charge in [-0.2, -0.15) is 0 Å². The van der Waals surface area contributed by atoms with Crippen LogP contribution in [0.15, 0.2) is 29.3 Å². The fourth-order valence-electron chi connectivity index (χ4n) is 3.19. The number of hydrogen-bond acceptors (Lipinski definition) is 4. The van der Waals surface area contributed by atoms with E-state index in [9.17, 15) is 9.59 Å². The van der Waals surface area contributed by atoms with Gasteiger partial charge in [0.2, 0.25) is 0 Å². The quantitative estimate of drug-likeness (QED) is 0.923. The van der Waals surface area contributed by atoms with Crippen molar-refractivity contribution < 1.29 is 4.79 Å². The van der Waals surface area contributed by atoms with Gasteiger partial charge in [-0.15, -0.1) is 0 Å². The fourth-order valence-corrected chi connectivity index (χ4v) is 3.19. The van der Waals surface area contributed by atoms with E-state index in [2.05, 4.69) is 17.2 Å². The van der Waals surface area contributed by atoms with E-state index in [1.54, 1.807) is 17.2 Å². The number of aromatic nitrogens is 2. The molecule has 1 saturated heterocycles. The Balaban J connectivity index is 1.77. The Morgan fingerprint density at radius 3 is 2.79 bits per heavy atom. The Morgan fingerprint density at radius 2 is 2.08 bits per heavy atom. The van der Waals surface area contributed by atoms with Gasteiger partial charge in [-0.1, -0.05) is 13.0 Å². The number of carbonyl (C=O) groups is 1. The first-order valence-electron chi connectivity index (χ1n) is 8.58. The summed E-state index contributed by atoms with van der Waals surface area (Å²) in [6.45, 7) is 7.38. The number of nitrogens with one attached hydrogen (secondary N) is 1. The van der Waals surface area contributed by atoms with Crippen molar-refractivity contribution in [3.05, 3.63) is 46.0 Å². The number of hydrogen-bond donors (Lipinski definition) is 1. The maximum absolute atomic E-state index is 12.7. The summed E-state index contributed by atoms with van der Waals surface area (Å²) in [6.07, 6.45) is 5.09. The molecule has 6 heteroatoms. The minimum atomic E-state index is -0.288. The molecule has 1 aliphatic heterocycles. The molecule has 24 heavy (non-hydrogen) atoms. The highest BCUT2D eigenvalue weighted by atomic mass is 16.2.